The van der Waals surface area contributed by atoms with E-state index in [9.17, 15) is 4.79 Å². The van der Waals surface area contributed by atoms with Crippen LogP contribution in [0.5, 0.6) is 0 Å². The highest BCUT2D eigenvalue weighted by molar-refractivity contribution is 5.80. The first-order chi connectivity index (χ1) is 10.1. The lowest BCUT2D eigenvalue weighted by Crippen LogP contribution is -2.49. The number of amides is 1. The van der Waals surface area contributed by atoms with Gasteiger partial charge in [0.15, 0.2) is 0 Å². The standard InChI is InChI=1S/C16H32N2O3/c1-4-5-14-6-8-16(12-17,9-7-14)21-13(2)15(19)18-10-11-20-3/h13-14H,4-12,17H2,1-3H3,(H,18,19). The lowest BCUT2D eigenvalue weighted by Gasteiger charge is -2.40. The first-order valence-corrected chi connectivity index (χ1v) is 8.21. The van der Waals surface area contributed by atoms with Crippen LogP contribution in [0, 0.1) is 5.92 Å². The minimum absolute atomic E-state index is 0.0874. The van der Waals surface area contributed by atoms with E-state index in [0.29, 0.717) is 19.7 Å². The van der Waals surface area contributed by atoms with Crippen molar-refractivity contribution in [3.63, 3.8) is 0 Å². The second-order valence-corrected chi connectivity index (χ2v) is 6.16. The highest BCUT2D eigenvalue weighted by Crippen LogP contribution is 2.37. The van der Waals surface area contributed by atoms with Crippen LogP contribution in [0.15, 0.2) is 0 Å². The molecule has 5 heteroatoms. The third-order valence-electron chi connectivity index (χ3n) is 4.49. The van der Waals surface area contributed by atoms with Gasteiger partial charge in [-0.15, -0.1) is 0 Å². The van der Waals surface area contributed by atoms with E-state index in [2.05, 4.69) is 12.2 Å². The second-order valence-electron chi connectivity index (χ2n) is 6.16. The zero-order valence-corrected chi connectivity index (χ0v) is 13.8. The van der Waals surface area contributed by atoms with Gasteiger partial charge in [-0.3, -0.25) is 4.79 Å². The number of hydrogen-bond acceptors (Lipinski definition) is 4. The molecule has 1 rings (SSSR count). The van der Waals surface area contributed by atoms with E-state index in [-0.39, 0.29) is 11.5 Å². The number of rotatable bonds is 9. The number of ether oxygens (including phenoxy) is 2. The van der Waals surface area contributed by atoms with Crippen LogP contribution in [-0.4, -0.2) is 44.4 Å². The van der Waals surface area contributed by atoms with E-state index in [4.69, 9.17) is 15.2 Å². The Kier molecular flexibility index (Phi) is 8.22. The molecule has 0 aromatic carbocycles. The summed E-state index contributed by atoms with van der Waals surface area (Å²) >= 11 is 0. The molecule has 1 aliphatic rings. The molecule has 0 bridgehead atoms. The molecule has 0 radical (unpaired) electrons. The molecule has 1 atom stereocenters. The van der Waals surface area contributed by atoms with E-state index in [1.807, 2.05) is 0 Å². The van der Waals surface area contributed by atoms with Crippen molar-refractivity contribution in [3.8, 4) is 0 Å². The predicted octanol–water partition coefficient (Wildman–Crippen LogP) is 1.84. The van der Waals surface area contributed by atoms with E-state index in [0.717, 1.165) is 31.6 Å². The Hall–Kier alpha value is -0.650. The van der Waals surface area contributed by atoms with Crippen molar-refractivity contribution < 1.29 is 14.3 Å². The molecule has 5 nitrogen and oxygen atoms in total. The van der Waals surface area contributed by atoms with Gasteiger partial charge >= 0.3 is 0 Å². The molecule has 0 aromatic rings. The summed E-state index contributed by atoms with van der Waals surface area (Å²) < 4.78 is 11.0. The maximum Gasteiger partial charge on any atom is 0.248 e. The summed E-state index contributed by atoms with van der Waals surface area (Å²) in [6.45, 7) is 5.54. The Morgan fingerprint density at radius 3 is 2.62 bits per heavy atom. The maximum absolute atomic E-state index is 12.0. The van der Waals surface area contributed by atoms with Crippen molar-refractivity contribution in [1.82, 2.24) is 5.32 Å². The van der Waals surface area contributed by atoms with Gasteiger partial charge in [-0.2, -0.15) is 0 Å². The molecule has 21 heavy (non-hydrogen) atoms. The first kappa shape index (κ1) is 18.4. The number of methoxy groups -OCH3 is 1. The average molecular weight is 300 g/mol. The van der Waals surface area contributed by atoms with Crippen LogP contribution in [0.2, 0.25) is 0 Å². The fourth-order valence-electron chi connectivity index (χ4n) is 3.12. The van der Waals surface area contributed by atoms with E-state index in [1.165, 1.54) is 12.8 Å². The minimum Gasteiger partial charge on any atom is -0.383 e. The molecule has 1 amide bonds. The number of hydrogen-bond donors (Lipinski definition) is 2. The zero-order valence-electron chi connectivity index (χ0n) is 13.8. The van der Waals surface area contributed by atoms with Gasteiger partial charge in [0, 0.05) is 20.2 Å². The van der Waals surface area contributed by atoms with Gasteiger partial charge in [-0.25, -0.2) is 0 Å². The Bertz CT molecular complexity index is 302. The van der Waals surface area contributed by atoms with Gasteiger partial charge in [0.05, 0.1) is 12.2 Å². The van der Waals surface area contributed by atoms with E-state index in [1.54, 1.807) is 14.0 Å². The molecule has 0 spiro atoms. The summed E-state index contributed by atoms with van der Waals surface area (Å²) in [6, 6.07) is 0. The quantitative estimate of drug-likeness (QED) is 0.637. The molecule has 1 fully saturated rings. The molecule has 1 saturated carbocycles. The van der Waals surface area contributed by atoms with Crippen molar-refractivity contribution >= 4 is 5.91 Å². The van der Waals surface area contributed by atoms with Crippen LogP contribution in [0.25, 0.3) is 0 Å². The van der Waals surface area contributed by atoms with Crippen molar-refractivity contribution in [3.05, 3.63) is 0 Å². The van der Waals surface area contributed by atoms with Crippen molar-refractivity contribution in [1.29, 1.82) is 0 Å². The monoisotopic (exact) mass is 300 g/mol. The van der Waals surface area contributed by atoms with Crippen LogP contribution in [0.4, 0.5) is 0 Å². The number of nitrogens with two attached hydrogens (primary N) is 1. The van der Waals surface area contributed by atoms with Crippen LogP contribution in [0.1, 0.15) is 52.4 Å². The molecule has 1 unspecified atom stereocenters. The molecule has 0 aromatic heterocycles. The van der Waals surface area contributed by atoms with Crippen LogP contribution in [0.3, 0.4) is 0 Å². The molecule has 0 heterocycles. The zero-order chi connectivity index (χ0) is 15.7. The van der Waals surface area contributed by atoms with Crippen molar-refractivity contribution in [2.75, 3.05) is 26.8 Å². The molecule has 0 saturated heterocycles. The Balaban J connectivity index is 2.44. The topological polar surface area (TPSA) is 73.6 Å². The molecular formula is C16H32N2O3. The summed E-state index contributed by atoms with van der Waals surface area (Å²) in [5.74, 6) is 0.708. The molecular weight excluding hydrogens is 268 g/mol. The minimum atomic E-state index is -0.465. The normalized spacial score (nSPS) is 27.3. The third-order valence-corrected chi connectivity index (χ3v) is 4.49. The molecule has 1 aliphatic carbocycles. The molecule has 3 N–H and O–H groups in total. The highest BCUT2D eigenvalue weighted by Gasteiger charge is 2.37. The third kappa shape index (κ3) is 5.93. The lowest BCUT2D eigenvalue weighted by molar-refractivity contribution is -0.150. The number of carbonyl (C=O) groups excluding carboxylic acids is 1. The first-order valence-electron chi connectivity index (χ1n) is 8.21. The highest BCUT2D eigenvalue weighted by atomic mass is 16.5. The average Bonchev–Trinajstić information content (AvgIpc) is 2.49. The molecule has 124 valence electrons. The summed E-state index contributed by atoms with van der Waals surface area (Å²) in [5, 5.41) is 2.81. The molecule has 0 aliphatic heterocycles. The van der Waals surface area contributed by atoms with E-state index >= 15 is 0 Å². The number of nitrogens with one attached hydrogen (secondary N) is 1. The summed E-state index contributed by atoms with van der Waals surface area (Å²) in [6.07, 6.45) is 6.29. The van der Waals surface area contributed by atoms with Gasteiger partial charge in [0.25, 0.3) is 0 Å². The SMILES string of the molecule is CCCC1CCC(CN)(OC(C)C(=O)NCCOC)CC1. The second kappa shape index (κ2) is 9.38. The fourth-order valence-corrected chi connectivity index (χ4v) is 3.12. The summed E-state index contributed by atoms with van der Waals surface area (Å²) in [4.78, 5) is 12.0. The van der Waals surface area contributed by atoms with Gasteiger partial charge in [-0.05, 0) is 38.5 Å². The van der Waals surface area contributed by atoms with Gasteiger partial charge in [-0.1, -0.05) is 19.8 Å². The smallest absolute Gasteiger partial charge is 0.248 e. The van der Waals surface area contributed by atoms with Gasteiger partial charge in [0.2, 0.25) is 5.91 Å². The lowest BCUT2D eigenvalue weighted by atomic mass is 9.77. The predicted molar refractivity (Wildman–Crippen MR) is 84.1 cm³/mol. The van der Waals surface area contributed by atoms with Gasteiger partial charge < -0.3 is 20.5 Å². The Morgan fingerprint density at radius 2 is 2.10 bits per heavy atom. The van der Waals surface area contributed by atoms with E-state index < -0.39 is 6.10 Å². The van der Waals surface area contributed by atoms with Crippen LogP contribution < -0.4 is 11.1 Å². The summed E-state index contributed by atoms with van der Waals surface area (Å²) in [5.41, 5.74) is 5.63. The maximum atomic E-state index is 12.0. The Morgan fingerprint density at radius 1 is 1.43 bits per heavy atom. The van der Waals surface area contributed by atoms with Crippen LogP contribution >= 0.6 is 0 Å². The van der Waals surface area contributed by atoms with Gasteiger partial charge in [0.1, 0.15) is 6.10 Å². The number of carbonyl (C=O) groups is 1. The largest absolute Gasteiger partial charge is 0.383 e. The van der Waals surface area contributed by atoms with Crippen molar-refractivity contribution in [2.45, 2.75) is 64.1 Å². The van der Waals surface area contributed by atoms with Crippen LogP contribution in [-0.2, 0) is 14.3 Å². The van der Waals surface area contributed by atoms with Crippen molar-refractivity contribution in [2.24, 2.45) is 11.7 Å². The summed E-state index contributed by atoms with van der Waals surface area (Å²) in [7, 11) is 1.62. The Labute approximate surface area is 128 Å². The fraction of sp³-hybridized carbons (Fsp3) is 0.938.